The molecule has 0 radical (unpaired) electrons. The lowest BCUT2D eigenvalue weighted by atomic mass is 10.0. The minimum Gasteiger partial charge on any atom is -0.0843 e. The molecular formula is C10H12Cl2. The van der Waals surface area contributed by atoms with Crippen molar-refractivity contribution in [1.29, 1.82) is 0 Å². The summed E-state index contributed by atoms with van der Waals surface area (Å²) in [5.74, 6) is 0. The highest BCUT2D eigenvalue weighted by atomic mass is 35.5. The van der Waals surface area contributed by atoms with E-state index < -0.39 is 0 Å². The lowest BCUT2D eigenvalue weighted by molar-refractivity contribution is 1.04. The Morgan fingerprint density at radius 3 is 2.25 bits per heavy atom. The fourth-order valence-electron chi connectivity index (χ4n) is 1.37. The maximum Gasteiger partial charge on any atom is 0.0455 e. The molecule has 0 spiro atoms. The largest absolute Gasteiger partial charge is 0.0843 e. The van der Waals surface area contributed by atoms with Gasteiger partial charge >= 0.3 is 0 Å². The van der Waals surface area contributed by atoms with E-state index in [0.29, 0.717) is 0 Å². The zero-order chi connectivity index (χ0) is 9.14. The van der Waals surface area contributed by atoms with Crippen molar-refractivity contribution in [3.63, 3.8) is 0 Å². The summed E-state index contributed by atoms with van der Waals surface area (Å²) in [7, 11) is 0. The van der Waals surface area contributed by atoms with Gasteiger partial charge in [-0.2, -0.15) is 0 Å². The zero-order valence-electron chi connectivity index (χ0n) is 7.32. The zero-order valence-corrected chi connectivity index (χ0v) is 8.84. The summed E-state index contributed by atoms with van der Waals surface area (Å²) in [5, 5.41) is 1.52. The minimum absolute atomic E-state index is 0.731. The lowest BCUT2D eigenvalue weighted by Crippen LogP contribution is -1.91. The fourth-order valence-corrected chi connectivity index (χ4v) is 2.04. The van der Waals surface area contributed by atoms with Crippen LogP contribution >= 0.6 is 23.2 Å². The second kappa shape index (κ2) is 4.15. The van der Waals surface area contributed by atoms with E-state index in [1.165, 1.54) is 11.1 Å². The Bertz CT molecular complexity index is 279. The van der Waals surface area contributed by atoms with E-state index in [-0.39, 0.29) is 0 Å². The van der Waals surface area contributed by atoms with Crippen LogP contribution in [-0.2, 0) is 12.8 Å². The minimum atomic E-state index is 0.731. The lowest BCUT2D eigenvalue weighted by Gasteiger charge is -2.08. The number of halogens is 2. The van der Waals surface area contributed by atoms with Crippen molar-refractivity contribution in [2.45, 2.75) is 26.7 Å². The average Bonchev–Trinajstić information content (AvgIpc) is 2.03. The normalized spacial score (nSPS) is 10.3. The molecule has 0 aliphatic carbocycles. The molecule has 2 heteroatoms. The molecule has 0 atom stereocenters. The summed E-state index contributed by atoms with van der Waals surface area (Å²) < 4.78 is 0. The van der Waals surface area contributed by atoms with E-state index in [4.69, 9.17) is 23.2 Å². The molecule has 0 saturated heterocycles. The van der Waals surface area contributed by atoms with Crippen molar-refractivity contribution in [2.24, 2.45) is 0 Å². The van der Waals surface area contributed by atoms with E-state index in [1.54, 1.807) is 6.07 Å². The van der Waals surface area contributed by atoms with Gasteiger partial charge in [0.2, 0.25) is 0 Å². The number of aryl methyl sites for hydroxylation is 1. The SMILES string of the molecule is CCc1cc(Cl)cc(Cl)c1CC. The third kappa shape index (κ3) is 1.94. The summed E-state index contributed by atoms with van der Waals surface area (Å²) in [6, 6.07) is 3.80. The van der Waals surface area contributed by atoms with E-state index in [0.717, 1.165) is 22.9 Å². The summed E-state index contributed by atoms with van der Waals surface area (Å²) in [5.41, 5.74) is 2.48. The molecule has 1 aromatic carbocycles. The van der Waals surface area contributed by atoms with Crippen LogP contribution in [0.3, 0.4) is 0 Å². The standard InChI is InChI=1S/C10H12Cl2/c1-3-7-5-8(11)6-10(12)9(7)4-2/h5-6H,3-4H2,1-2H3. The van der Waals surface area contributed by atoms with Crippen LogP contribution in [0.2, 0.25) is 10.0 Å². The summed E-state index contributed by atoms with van der Waals surface area (Å²) in [6.45, 7) is 4.22. The van der Waals surface area contributed by atoms with Crippen LogP contribution in [0.4, 0.5) is 0 Å². The number of hydrogen-bond donors (Lipinski definition) is 0. The molecule has 1 aromatic rings. The predicted molar refractivity (Wildman–Crippen MR) is 55.2 cm³/mol. The Balaban J connectivity index is 3.24. The Labute approximate surface area is 83.5 Å². The summed E-state index contributed by atoms with van der Waals surface area (Å²) >= 11 is 11.9. The molecule has 0 fully saturated rings. The van der Waals surface area contributed by atoms with Crippen LogP contribution in [0.1, 0.15) is 25.0 Å². The maximum absolute atomic E-state index is 6.03. The monoisotopic (exact) mass is 202 g/mol. The highest BCUT2D eigenvalue weighted by Crippen LogP contribution is 2.25. The third-order valence-corrected chi connectivity index (χ3v) is 2.54. The van der Waals surface area contributed by atoms with Gasteiger partial charge in [0.1, 0.15) is 0 Å². The molecule has 0 heterocycles. The molecule has 1 rings (SSSR count). The molecule has 0 nitrogen and oxygen atoms in total. The highest BCUT2D eigenvalue weighted by Gasteiger charge is 2.05. The van der Waals surface area contributed by atoms with Gasteiger partial charge in [-0.05, 0) is 36.1 Å². The molecule has 12 heavy (non-hydrogen) atoms. The van der Waals surface area contributed by atoms with Crippen molar-refractivity contribution in [3.8, 4) is 0 Å². The average molecular weight is 203 g/mol. The topological polar surface area (TPSA) is 0 Å². The van der Waals surface area contributed by atoms with E-state index in [1.807, 2.05) is 6.07 Å². The molecule has 0 amide bonds. The Hall–Kier alpha value is -0.200. The van der Waals surface area contributed by atoms with E-state index in [9.17, 15) is 0 Å². The van der Waals surface area contributed by atoms with Crippen molar-refractivity contribution in [1.82, 2.24) is 0 Å². The molecule has 0 aliphatic rings. The summed E-state index contributed by atoms with van der Waals surface area (Å²) in [6.07, 6.45) is 1.96. The third-order valence-electron chi connectivity index (χ3n) is 1.99. The molecule has 0 bridgehead atoms. The first-order valence-corrected chi connectivity index (χ1v) is 4.91. The van der Waals surface area contributed by atoms with Crippen molar-refractivity contribution in [2.75, 3.05) is 0 Å². The molecule has 0 N–H and O–H groups in total. The van der Waals surface area contributed by atoms with Gasteiger partial charge in [0.05, 0.1) is 0 Å². The van der Waals surface area contributed by atoms with Crippen molar-refractivity contribution >= 4 is 23.2 Å². The highest BCUT2D eigenvalue weighted by molar-refractivity contribution is 6.35. The number of rotatable bonds is 2. The second-order valence-electron chi connectivity index (χ2n) is 2.73. The van der Waals surface area contributed by atoms with Gasteiger partial charge in [0.25, 0.3) is 0 Å². The van der Waals surface area contributed by atoms with Crippen LogP contribution in [0.25, 0.3) is 0 Å². The van der Waals surface area contributed by atoms with Gasteiger partial charge < -0.3 is 0 Å². The summed E-state index contributed by atoms with van der Waals surface area (Å²) in [4.78, 5) is 0. The Kier molecular flexibility index (Phi) is 3.42. The fraction of sp³-hybridized carbons (Fsp3) is 0.400. The molecule has 0 unspecified atom stereocenters. The van der Waals surface area contributed by atoms with Crippen molar-refractivity contribution < 1.29 is 0 Å². The molecule has 0 saturated carbocycles. The van der Waals surface area contributed by atoms with Gasteiger partial charge in [-0.3, -0.25) is 0 Å². The Morgan fingerprint density at radius 2 is 1.75 bits per heavy atom. The second-order valence-corrected chi connectivity index (χ2v) is 3.58. The number of hydrogen-bond acceptors (Lipinski definition) is 0. The van der Waals surface area contributed by atoms with Gasteiger partial charge in [-0.15, -0.1) is 0 Å². The van der Waals surface area contributed by atoms with Crippen LogP contribution in [0, 0.1) is 0 Å². The molecular weight excluding hydrogens is 191 g/mol. The molecule has 66 valence electrons. The van der Waals surface area contributed by atoms with Gasteiger partial charge in [-0.1, -0.05) is 37.0 Å². The van der Waals surface area contributed by atoms with Crippen LogP contribution in [0.15, 0.2) is 12.1 Å². The predicted octanol–water partition coefficient (Wildman–Crippen LogP) is 4.12. The van der Waals surface area contributed by atoms with Crippen molar-refractivity contribution in [3.05, 3.63) is 33.3 Å². The van der Waals surface area contributed by atoms with Crippen LogP contribution < -0.4 is 0 Å². The van der Waals surface area contributed by atoms with Crippen LogP contribution in [-0.4, -0.2) is 0 Å². The Morgan fingerprint density at radius 1 is 1.08 bits per heavy atom. The maximum atomic E-state index is 6.03. The smallest absolute Gasteiger partial charge is 0.0455 e. The van der Waals surface area contributed by atoms with E-state index in [2.05, 4.69) is 13.8 Å². The van der Waals surface area contributed by atoms with E-state index >= 15 is 0 Å². The van der Waals surface area contributed by atoms with Crippen LogP contribution in [0.5, 0.6) is 0 Å². The van der Waals surface area contributed by atoms with Gasteiger partial charge in [0.15, 0.2) is 0 Å². The number of benzene rings is 1. The first kappa shape index (κ1) is 9.88. The molecule has 0 aliphatic heterocycles. The first-order chi connectivity index (χ1) is 5.69. The molecule has 0 aromatic heterocycles. The van der Waals surface area contributed by atoms with Gasteiger partial charge in [-0.25, -0.2) is 0 Å². The first-order valence-electron chi connectivity index (χ1n) is 4.15. The quantitative estimate of drug-likeness (QED) is 0.678. The van der Waals surface area contributed by atoms with Gasteiger partial charge in [0, 0.05) is 10.0 Å².